The Morgan fingerprint density at radius 3 is 2.72 bits per heavy atom. The van der Waals surface area contributed by atoms with Crippen LogP contribution in [0.4, 0.5) is 0 Å². The van der Waals surface area contributed by atoms with Gasteiger partial charge < -0.3 is 14.2 Å². The second-order valence-corrected chi connectivity index (χ2v) is 4.40. The molecule has 3 heteroatoms. The minimum atomic E-state index is 0.278. The third kappa shape index (κ3) is 2.86. The zero-order valence-corrected chi connectivity index (χ0v) is 10.9. The van der Waals surface area contributed by atoms with Gasteiger partial charge in [0.2, 0.25) is 6.79 Å². The number of hydrogen-bond acceptors (Lipinski definition) is 3. The first kappa shape index (κ1) is 12.6. The molecule has 0 spiro atoms. The Morgan fingerprint density at radius 2 is 2.06 bits per heavy atom. The van der Waals surface area contributed by atoms with Crippen LogP contribution in [0, 0.1) is 0 Å². The average Bonchev–Trinajstić information content (AvgIpc) is 2.76. The SMILES string of the molecule is C=CCc1cc2c(cc1OCC=C(C)C)OCO2. The monoisotopic (exact) mass is 246 g/mol. The summed E-state index contributed by atoms with van der Waals surface area (Å²) in [7, 11) is 0. The predicted octanol–water partition coefficient (Wildman–Crippen LogP) is 3.49. The van der Waals surface area contributed by atoms with E-state index in [1.54, 1.807) is 0 Å². The van der Waals surface area contributed by atoms with Gasteiger partial charge in [0.15, 0.2) is 11.5 Å². The van der Waals surface area contributed by atoms with Crippen LogP contribution < -0.4 is 14.2 Å². The Labute approximate surface area is 108 Å². The van der Waals surface area contributed by atoms with Crippen molar-refractivity contribution in [2.45, 2.75) is 20.3 Å². The summed E-state index contributed by atoms with van der Waals surface area (Å²) >= 11 is 0. The van der Waals surface area contributed by atoms with Gasteiger partial charge >= 0.3 is 0 Å². The lowest BCUT2D eigenvalue weighted by molar-refractivity contribution is 0.174. The molecule has 1 aliphatic rings. The number of hydrogen-bond donors (Lipinski definition) is 0. The van der Waals surface area contributed by atoms with E-state index < -0.39 is 0 Å². The predicted molar refractivity (Wildman–Crippen MR) is 71.4 cm³/mol. The van der Waals surface area contributed by atoms with Crippen LogP contribution >= 0.6 is 0 Å². The molecule has 0 amide bonds. The number of allylic oxidation sites excluding steroid dienone is 2. The summed E-state index contributed by atoms with van der Waals surface area (Å²) in [6.07, 6.45) is 4.65. The van der Waals surface area contributed by atoms with Gasteiger partial charge in [-0.15, -0.1) is 6.58 Å². The van der Waals surface area contributed by atoms with Crippen LogP contribution in [0.5, 0.6) is 17.2 Å². The summed E-state index contributed by atoms with van der Waals surface area (Å²) in [6.45, 7) is 8.70. The zero-order valence-electron chi connectivity index (χ0n) is 10.9. The van der Waals surface area contributed by atoms with E-state index in [0.717, 1.165) is 29.2 Å². The average molecular weight is 246 g/mol. The second kappa shape index (κ2) is 5.63. The van der Waals surface area contributed by atoms with Gasteiger partial charge in [0.25, 0.3) is 0 Å². The molecule has 0 fully saturated rings. The van der Waals surface area contributed by atoms with E-state index in [0.29, 0.717) is 6.61 Å². The lowest BCUT2D eigenvalue weighted by Gasteiger charge is -2.10. The van der Waals surface area contributed by atoms with Crippen molar-refractivity contribution < 1.29 is 14.2 Å². The highest BCUT2D eigenvalue weighted by atomic mass is 16.7. The van der Waals surface area contributed by atoms with Gasteiger partial charge in [0, 0.05) is 11.6 Å². The lowest BCUT2D eigenvalue weighted by Crippen LogP contribution is -1.98. The smallest absolute Gasteiger partial charge is 0.231 e. The van der Waals surface area contributed by atoms with Crippen LogP contribution in [-0.2, 0) is 6.42 Å². The van der Waals surface area contributed by atoms with Gasteiger partial charge in [-0.2, -0.15) is 0 Å². The molecule has 0 unspecified atom stereocenters. The molecule has 0 bridgehead atoms. The Bertz CT molecular complexity index is 471. The minimum absolute atomic E-state index is 0.278. The van der Waals surface area contributed by atoms with Crippen LogP contribution in [-0.4, -0.2) is 13.4 Å². The molecule has 0 N–H and O–H groups in total. The van der Waals surface area contributed by atoms with Crippen molar-refractivity contribution >= 4 is 0 Å². The first-order chi connectivity index (χ1) is 8.70. The molecule has 96 valence electrons. The summed E-state index contributed by atoms with van der Waals surface area (Å²) in [5.41, 5.74) is 2.30. The Kier molecular flexibility index (Phi) is 3.92. The maximum atomic E-state index is 5.77. The third-order valence-corrected chi connectivity index (χ3v) is 2.65. The highest BCUT2D eigenvalue weighted by Gasteiger charge is 2.17. The molecule has 1 aromatic rings. The highest BCUT2D eigenvalue weighted by Crippen LogP contribution is 2.38. The molecule has 2 rings (SSSR count). The van der Waals surface area contributed by atoms with Gasteiger partial charge in [-0.3, -0.25) is 0 Å². The molecule has 0 aromatic heterocycles. The van der Waals surface area contributed by atoms with Crippen molar-refractivity contribution in [2.24, 2.45) is 0 Å². The maximum Gasteiger partial charge on any atom is 0.231 e. The van der Waals surface area contributed by atoms with Crippen LogP contribution in [0.15, 0.2) is 36.4 Å². The van der Waals surface area contributed by atoms with E-state index in [1.807, 2.05) is 38.1 Å². The molecular formula is C15H18O3. The van der Waals surface area contributed by atoms with Gasteiger partial charge in [-0.25, -0.2) is 0 Å². The molecule has 0 saturated carbocycles. The van der Waals surface area contributed by atoms with Crippen molar-refractivity contribution in [2.75, 3.05) is 13.4 Å². The van der Waals surface area contributed by atoms with Crippen molar-refractivity contribution in [1.29, 1.82) is 0 Å². The Balaban J connectivity index is 2.21. The van der Waals surface area contributed by atoms with Crippen molar-refractivity contribution in [1.82, 2.24) is 0 Å². The third-order valence-electron chi connectivity index (χ3n) is 2.65. The van der Waals surface area contributed by atoms with Crippen LogP contribution in [0.2, 0.25) is 0 Å². The fourth-order valence-corrected chi connectivity index (χ4v) is 1.71. The van der Waals surface area contributed by atoms with E-state index in [1.165, 1.54) is 5.57 Å². The Hall–Kier alpha value is -1.90. The van der Waals surface area contributed by atoms with Gasteiger partial charge in [-0.1, -0.05) is 11.6 Å². The lowest BCUT2D eigenvalue weighted by atomic mass is 10.1. The van der Waals surface area contributed by atoms with Crippen LogP contribution in [0.25, 0.3) is 0 Å². The quantitative estimate of drug-likeness (QED) is 0.744. The fraction of sp³-hybridized carbons (Fsp3) is 0.333. The normalized spacial score (nSPS) is 12.1. The first-order valence-corrected chi connectivity index (χ1v) is 6.00. The largest absolute Gasteiger partial charge is 0.489 e. The summed E-state index contributed by atoms with van der Waals surface area (Å²) < 4.78 is 16.5. The fourth-order valence-electron chi connectivity index (χ4n) is 1.71. The minimum Gasteiger partial charge on any atom is -0.489 e. The molecule has 0 saturated heterocycles. The summed E-state index contributed by atoms with van der Waals surface area (Å²) in [6, 6.07) is 3.85. The van der Waals surface area contributed by atoms with Gasteiger partial charge in [0.1, 0.15) is 12.4 Å². The molecule has 1 aliphatic heterocycles. The van der Waals surface area contributed by atoms with Crippen molar-refractivity contribution in [3.05, 3.63) is 42.0 Å². The number of rotatable bonds is 5. The van der Waals surface area contributed by atoms with E-state index in [2.05, 4.69) is 6.58 Å². The Morgan fingerprint density at radius 1 is 1.33 bits per heavy atom. The molecule has 18 heavy (non-hydrogen) atoms. The molecule has 1 aromatic carbocycles. The van der Waals surface area contributed by atoms with Crippen molar-refractivity contribution in [3.8, 4) is 17.2 Å². The van der Waals surface area contributed by atoms with Gasteiger partial charge in [0.05, 0.1) is 0 Å². The summed E-state index contributed by atoms with van der Waals surface area (Å²) in [4.78, 5) is 0. The van der Waals surface area contributed by atoms with Crippen LogP contribution in [0.1, 0.15) is 19.4 Å². The number of benzene rings is 1. The molecule has 0 atom stereocenters. The summed E-state index contributed by atoms with van der Waals surface area (Å²) in [5, 5.41) is 0. The molecular weight excluding hydrogens is 228 g/mol. The topological polar surface area (TPSA) is 27.7 Å². The second-order valence-electron chi connectivity index (χ2n) is 4.40. The van der Waals surface area contributed by atoms with Crippen LogP contribution in [0.3, 0.4) is 0 Å². The first-order valence-electron chi connectivity index (χ1n) is 6.00. The molecule has 3 nitrogen and oxygen atoms in total. The highest BCUT2D eigenvalue weighted by molar-refractivity contribution is 5.52. The molecule has 0 aliphatic carbocycles. The van der Waals surface area contributed by atoms with E-state index in [-0.39, 0.29) is 6.79 Å². The molecule has 0 radical (unpaired) electrons. The zero-order chi connectivity index (χ0) is 13.0. The maximum absolute atomic E-state index is 5.77. The van der Waals surface area contributed by atoms with Crippen molar-refractivity contribution in [3.63, 3.8) is 0 Å². The van der Waals surface area contributed by atoms with E-state index in [4.69, 9.17) is 14.2 Å². The molecule has 1 heterocycles. The van der Waals surface area contributed by atoms with E-state index >= 15 is 0 Å². The van der Waals surface area contributed by atoms with E-state index in [9.17, 15) is 0 Å². The number of ether oxygens (including phenoxy) is 3. The standard InChI is InChI=1S/C15H18O3/c1-4-5-12-8-14-15(18-10-17-14)9-13(12)16-7-6-11(2)3/h4,6,8-9H,1,5,7,10H2,2-3H3. The summed E-state index contributed by atoms with van der Waals surface area (Å²) in [5.74, 6) is 2.35. The number of fused-ring (bicyclic) bond motifs is 1. The van der Waals surface area contributed by atoms with Gasteiger partial charge in [-0.05, 0) is 32.4 Å².